The average molecular weight is 676 g/mol. The van der Waals surface area contributed by atoms with E-state index in [0.717, 1.165) is 12.8 Å². The molecule has 7 heteroatoms. The predicted octanol–water partition coefficient (Wildman–Crippen LogP) is 12.1. The van der Waals surface area contributed by atoms with Crippen LogP contribution in [0, 0.1) is 0 Å². The topological polar surface area (TPSA) is 68.2 Å². The first-order valence-corrected chi connectivity index (χ1v) is 22.0. The van der Waals surface area contributed by atoms with Gasteiger partial charge in [-0.2, -0.15) is 0 Å². The Morgan fingerprint density at radius 1 is 0.522 bits per heavy atom. The zero-order chi connectivity index (χ0) is 33.8. The number of hydrogen-bond donors (Lipinski definition) is 1. The van der Waals surface area contributed by atoms with Crippen molar-refractivity contribution in [3.05, 3.63) is 0 Å². The van der Waals surface area contributed by atoms with Gasteiger partial charge in [-0.1, -0.05) is 181 Å². The molecule has 0 aromatic heterocycles. The highest BCUT2D eigenvalue weighted by atomic mass is 31.2. The summed E-state index contributed by atoms with van der Waals surface area (Å²) < 4.78 is 30.0. The van der Waals surface area contributed by atoms with E-state index in [1.165, 1.54) is 167 Å². The first-order chi connectivity index (χ1) is 22.4. The van der Waals surface area contributed by atoms with Crippen LogP contribution in [-0.2, 0) is 18.6 Å². The number of ether oxygens (including phenoxy) is 2. The van der Waals surface area contributed by atoms with Crippen molar-refractivity contribution < 1.29 is 23.5 Å². The van der Waals surface area contributed by atoms with E-state index in [1.807, 2.05) is 19.0 Å². The Kier molecular flexibility index (Phi) is 36.3. The van der Waals surface area contributed by atoms with Crippen molar-refractivity contribution in [2.75, 3.05) is 53.2 Å². The fourth-order valence-electron chi connectivity index (χ4n) is 5.89. The van der Waals surface area contributed by atoms with Gasteiger partial charge in [0.1, 0.15) is 6.10 Å². The molecule has 0 aliphatic carbocycles. The third-order valence-electron chi connectivity index (χ3n) is 9.09. The van der Waals surface area contributed by atoms with Crippen molar-refractivity contribution in [1.82, 2.24) is 4.90 Å². The molecular weight excluding hydrogens is 593 g/mol. The van der Waals surface area contributed by atoms with Crippen LogP contribution in [0.1, 0.15) is 194 Å². The van der Waals surface area contributed by atoms with Gasteiger partial charge in [0.05, 0.1) is 19.4 Å². The minimum Gasteiger partial charge on any atom is -0.379 e. The Morgan fingerprint density at radius 2 is 0.870 bits per heavy atom. The highest BCUT2D eigenvalue weighted by Gasteiger charge is 2.22. The predicted molar refractivity (Wildman–Crippen MR) is 200 cm³/mol. The molecule has 1 N–H and O–H groups in total. The number of nitrogens with zero attached hydrogens (tertiary/aromatic N) is 1. The molecule has 0 rings (SSSR count). The zero-order valence-electron chi connectivity index (χ0n) is 31.6. The molecule has 0 aliphatic heterocycles. The van der Waals surface area contributed by atoms with Crippen molar-refractivity contribution in [1.29, 1.82) is 0 Å². The van der Waals surface area contributed by atoms with Crippen LogP contribution in [0.4, 0.5) is 0 Å². The van der Waals surface area contributed by atoms with Gasteiger partial charge in [-0.25, -0.2) is 0 Å². The molecule has 0 saturated carbocycles. The summed E-state index contributed by atoms with van der Waals surface area (Å²) in [5.41, 5.74) is 0. The molecule has 6 nitrogen and oxygen atoms in total. The van der Waals surface area contributed by atoms with Crippen LogP contribution in [0.2, 0.25) is 0 Å². The second-order valence-electron chi connectivity index (χ2n) is 14.2. The second-order valence-corrected chi connectivity index (χ2v) is 16.2. The molecule has 278 valence electrons. The maximum absolute atomic E-state index is 12.5. The van der Waals surface area contributed by atoms with E-state index >= 15 is 0 Å². The third kappa shape index (κ3) is 36.9. The molecule has 0 heterocycles. The fourth-order valence-corrected chi connectivity index (χ4v) is 7.08. The van der Waals surface area contributed by atoms with E-state index in [1.54, 1.807) is 0 Å². The van der Waals surface area contributed by atoms with Crippen LogP contribution in [0.5, 0.6) is 0 Å². The first kappa shape index (κ1) is 46.0. The van der Waals surface area contributed by atoms with Gasteiger partial charge in [-0.15, -0.1) is 0 Å². The van der Waals surface area contributed by atoms with Gasteiger partial charge >= 0.3 is 7.60 Å². The van der Waals surface area contributed by atoms with E-state index in [0.29, 0.717) is 26.4 Å². The van der Waals surface area contributed by atoms with Gasteiger partial charge in [-0.05, 0) is 26.9 Å². The van der Waals surface area contributed by atoms with Crippen molar-refractivity contribution in [3.63, 3.8) is 0 Å². The maximum Gasteiger partial charge on any atom is 0.329 e. The maximum atomic E-state index is 12.5. The van der Waals surface area contributed by atoms with Crippen LogP contribution in [0.25, 0.3) is 0 Å². The zero-order valence-corrected chi connectivity index (χ0v) is 32.5. The van der Waals surface area contributed by atoms with Gasteiger partial charge < -0.3 is 23.8 Å². The van der Waals surface area contributed by atoms with E-state index < -0.39 is 7.60 Å². The van der Waals surface area contributed by atoms with Crippen LogP contribution in [-0.4, -0.2) is 69.1 Å². The number of unbranched alkanes of at least 4 members (excludes halogenated alkanes) is 26. The second kappa shape index (κ2) is 36.3. The highest BCUT2D eigenvalue weighted by Crippen LogP contribution is 2.41. The van der Waals surface area contributed by atoms with Gasteiger partial charge in [0.15, 0.2) is 0 Å². The lowest BCUT2D eigenvalue weighted by molar-refractivity contribution is -0.0403. The first-order valence-electron chi connectivity index (χ1n) is 20.2. The van der Waals surface area contributed by atoms with E-state index in [2.05, 4.69) is 13.8 Å². The Bertz CT molecular complexity index is 636. The summed E-state index contributed by atoms with van der Waals surface area (Å²) >= 11 is 0. The minimum atomic E-state index is -3.63. The quantitative estimate of drug-likeness (QED) is 0.0516. The number of hydrogen-bond acceptors (Lipinski definition) is 5. The lowest BCUT2D eigenvalue weighted by Gasteiger charge is -2.21. The molecule has 46 heavy (non-hydrogen) atoms. The van der Waals surface area contributed by atoms with Crippen LogP contribution < -0.4 is 0 Å². The SMILES string of the molecule is CCCCCCCCCCCCCCCCOC[C@H](COP(=O)(O)CCN(C)C)OCCCCCCCCCCCCCCCC. The van der Waals surface area contributed by atoms with Gasteiger partial charge in [0.25, 0.3) is 0 Å². The smallest absolute Gasteiger partial charge is 0.329 e. The van der Waals surface area contributed by atoms with Crippen molar-refractivity contribution in [2.45, 2.75) is 200 Å². The van der Waals surface area contributed by atoms with Gasteiger partial charge in [0, 0.05) is 19.8 Å². The molecule has 0 aliphatic rings. The molecule has 0 spiro atoms. The monoisotopic (exact) mass is 676 g/mol. The van der Waals surface area contributed by atoms with E-state index in [4.69, 9.17) is 14.0 Å². The van der Waals surface area contributed by atoms with Crippen LogP contribution in [0.15, 0.2) is 0 Å². The molecule has 0 radical (unpaired) electrons. The lowest BCUT2D eigenvalue weighted by Crippen LogP contribution is -2.27. The highest BCUT2D eigenvalue weighted by molar-refractivity contribution is 7.52. The largest absolute Gasteiger partial charge is 0.379 e. The Balaban J connectivity index is 3.96. The van der Waals surface area contributed by atoms with Gasteiger partial charge in [-0.3, -0.25) is 4.57 Å². The summed E-state index contributed by atoms with van der Waals surface area (Å²) in [6.45, 7) is 6.99. The Hall–Kier alpha value is 0.0300. The number of rotatable bonds is 39. The molecule has 0 amide bonds. The molecule has 0 bridgehead atoms. The molecular formula is C39H82NO5P. The summed E-state index contributed by atoms with van der Waals surface area (Å²) in [5.74, 6) is 0. The van der Waals surface area contributed by atoms with E-state index in [9.17, 15) is 9.46 Å². The lowest BCUT2D eigenvalue weighted by atomic mass is 10.0. The Morgan fingerprint density at radius 3 is 1.24 bits per heavy atom. The van der Waals surface area contributed by atoms with Crippen molar-refractivity contribution in [3.8, 4) is 0 Å². The summed E-state index contributed by atoms with van der Waals surface area (Å²) in [6.07, 6.45) is 37.3. The minimum absolute atomic E-state index is 0.110. The molecule has 0 aromatic carbocycles. The standard InChI is InChI=1S/C39H82NO5P/c1-5-7-9-11-13-15-17-19-21-23-25-27-29-31-34-43-37-39(38-45-46(41,42)36-33-40(3)4)44-35-32-30-28-26-24-22-20-18-16-14-12-10-8-6-2/h39H,5-38H2,1-4H3,(H,41,42)/t39-/m1/s1. The molecule has 1 unspecified atom stereocenters. The molecule has 0 fully saturated rings. The third-order valence-corrected chi connectivity index (χ3v) is 10.4. The van der Waals surface area contributed by atoms with Crippen molar-refractivity contribution >= 4 is 7.60 Å². The average Bonchev–Trinajstić information content (AvgIpc) is 3.03. The summed E-state index contributed by atoms with van der Waals surface area (Å²) in [4.78, 5) is 12.1. The van der Waals surface area contributed by atoms with Crippen LogP contribution >= 0.6 is 7.60 Å². The summed E-state index contributed by atoms with van der Waals surface area (Å²) in [6, 6.07) is 0. The Labute approximate surface area is 288 Å². The molecule has 0 saturated heterocycles. The summed E-state index contributed by atoms with van der Waals surface area (Å²) in [7, 11) is 0.164. The fraction of sp³-hybridized carbons (Fsp3) is 1.00. The summed E-state index contributed by atoms with van der Waals surface area (Å²) in [5, 5.41) is 0. The van der Waals surface area contributed by atoms with Gasteiger partial charge in [0.2, 0.25) is 0 Å². The normalized spacial score (nSPS) is 13.9. The van der Waals surface area contributed by atoms with E-state index in [-0.39, 0.29) is 18.9 Å². The molecule has 2 atom stereocenters. The van der Waals surface area contributed by atoms with Crippen molar-refractivity contribution in [2.24, 2.45) is 0 Å². The van der Waals surface area contributed by atoms with Crippen LogP contribution in [0.3, 0.4) is 0 Å². The molecule has 0 aromatic rings.